The summed E-state index contributed by atoms with van der Waals surface area (Å²) in [6.07, 6.45) is 3.76. The number of anilines is 1. The fourth-order valence-electron chi connectivity index (χ4n) is 3.48. The maximum Gasteiger partial charge on any atom is 0.122 e. The number of rotatable bonds is 8. The molecule has 0 saturated heterocycles. The van der Waals surface area contributed by atoms with Gasteiger partial charge in [-0.05, 0) is 79.4 Å². The van der Waals surface area contributed by atoms with Gasteiger partial charge in [-0.1, -0.05) is 44.2 Å². The summed E-state index contributed by atoms with van der Waals surface area (Å²) < 4.78 is 0. The first kappa shape index (κ1) is 27.5. The first-order valence-corrected chi connectivity index (χ1v) is 11.2. The minimum absolute atomic E-state index is 0.105. The number of nitrogens with one attached hydrogen (secondary N) is 3. The second-order valence-electron chi connectivity index (χ2n) is 7.34. The topological polar surface area (TPSA) is 125 Å². The second kappa shape index (κ2) is 14.5. The van der Waals surface area contributed by atoms with Crippen LogP contribution in [-0.4, -0.2) is 17.5 Å². The van der Waals surface area contributed by atoms with Gasteiger partial charge in [0.05, 0.1) is 0 Å². The molecule has 1 aromatic heterocycles. The van der Waals surface area contributed by atoms with Crippen LogP contribution in [-0.2, 0) is 25.9 Å². The molecule has 33 heavy (non-hydrogen) atoms. The predicted octanol–water partition coefficient (Wildman–Crippen LogP) is 5.13. The fourth-order valence-corrected chi connectivity index (χ4v) is 3.48. The van der Waals surface area contributed by atoms with Crippen molar-refractivity contribution in [1.29, 1.82) is 10.8 Å². The number of benzene rings is 2. The maximum atomic E-state index is 7.62. The van der Waals surface area contributed by atoms with Gasteiger partial charge in [-0.3, -0.25) is 10.4 Å². The number of hydrogen-bond acceptors (Lipinski definition) is 5. The van der Waals surface area contributed by atoms with Gasteiger partial charge in [0.15, 0.2) is 0 Å². The highest BCUT2D eigenvalue weighted by molar-refractivity contribution is 5.95. The Morgan fingerprint density at radius 3 is 2.27 bits per heavy atom. The van der Waals surface area contributed by atoms with Crippen LogP contribution in [0.5, 0.6) is 0 Å². The minimum atomic E-state index is 0.105. The first-order chi connectivity index (χ1) is 16.0. The highest BCUT2D eigenvalue weighted by Crippen LogP contribution is 2.20. The largest absolute Gasteiger partial charge is 0.384 e. The molecule has 176 valence electrons. The molecule has 0 aliphatic carbocycles. The van der Waals surface area contributed by atoms with E-state index < -0.39 is 0 Å². The number of nitrogens with two attached hydrogens (primary N) is 2. The van der Waals surface area contributed by atoms with Crippen molar-refractivity contribution >= 4 is 18.2 Å². The Labute approximate surface area is 198 Å². The Morgan fingerprint density at radius 1 is 1.00 bits per heavy atom. The van der Waals surface area contributed by atoms with E-state index in [9.17, 15) is 0 Å². The summed E-state index contributed by atoms with van der Waals surface area (Å²) in [4.78, 5) is 4.63. The summed E-state index contributed by atoms with van der Waals surface area (Å²) in [5.74, 6) is 0.105. The molecular weight excluding hydrogens is 408 g/mol. The van der Waals surface area contributed by atoms with Crippen LogP contribution in [0.15, 0.2) is 54.7 Å². The lowest BCUT2D eigenvalue weighted by atomic mass is 9.96. The van der Waals surface area contributed by atoms with E-state index >= 15 is 0 Å². The molecule has 0 aliphatic heterocycles. The Morgan fingerprint density at radius 2 is 1.67 bits per heavy atom. The van der Waals surface area contributed by atoms with E-state index in [1.165, 1.54) is 22.3 Å². The van der Waals surface area contributed by atoms with E-state index in [0.29, 0.717) is 6.54 Å². The Balaban J connectivity index is 0.00000129. The normalized spacial score (nSPS) is 9.73. The van der Waals surface area contributed by atoms with Crippen LogP contribution < -0.4 is 16.8 Å². The molecule has 0 amide bonds. The Bertz CT molecular complexity index is 1010. The highest BCUT2D eigenvalue weighted by atomic mass is 14.9. The molecule has 0 atom stereocenters. The molecule has 0 unspecified atom stereocenters. The van der Waals surface area contributed by atoms with Gasteiger partial charge in [0.1, 0.15) is 5.84 Å². The molecule has 1 heterocycles. The van der Waals surface area contributed by atoms with Crippen molar-refractivity contribution in [2.24, 2.45) is 11.5 Å². The third kappa shape index (κ3) is 8.16. The molecule has 0 bridgehead atoms. The highest BCUT2D eigenvalue weighted by Gasteiger charge is 2.10. The molecule has 3 rings (SSSR count). The molecule has 6 nitrogen and oxygen atoms in total. The Hall–Kier alpha value is -3.51. The first-order valence-electron chi connectivity index (χ1n) is 11.2. The molecule has 7 N–H and O–H groups in total. The fraction of sp³-hybridized carbons (Fsp3) is 0.296. The van der Waals surface area contributed by atoms with Crippen LogP contribution in [0.2, 0.25) is 0 Å². The van der Waals surface area contributed by atoms with Gasteiger partial charge >= 0.3 is 0 Å². The van der Waals surface area contributed by atoms with Gasteiger partial charge in [-0.2, -0.15) is 0 Å². The number of nitrogen functional groups attached to an aromatic ring is 1. The van der Waals surface area contributed by atoms with Crippen LogP contribution >= 0.6 is 0 Å². The van der Waals surface area contributed by atoms with Crippen LogP contribution in [0.3, 0.4) is 0 Å². The standard InChI is InChI=1S/C24H29N5.C2H6.CH3N/c1-16-21(15-29-22-9-6-19(13-25)7-10-22)14-28-17(2)23(16)11-8-18-4-3-5-20(12-18)24(26)27;2*1-2/h3-7,9-10,12,14,29H,8,11,13,15,25H2,1-2H3,(H3,26,27);1-2H3;2H,1H2. The van der Waals surface area contributed by atoms with E-state index in [4.69, 9.17) is 22.3 Å². The smallest absolute Gasteiger partial charge is 0.122 e. The van der Waals surface area contributed by atoms with Crippen LogP contribution in [0, 0.1) is 24.7 Å². The summed E-state index contributed by atoms with van der Waals surface area (Å²) in [6.45, 7) is 12.0. The van der Waals surface area contributed by atoms with Crippen LogP contribution in [0.1, 0.15) is 52.9 Å². The molecule has 0 fully saturated rings. The van der Waals surface area contributed by atoms with E-state index in [0.717, 1.165) is 41.9 Å². The summed E-state index contributed by atoms with van der Waals surface area (Å²) in [5.41, 5.74) is 20.3. The second-order valence-corrected chi connectivity index (χ2v) is 7.34. The van der Waals surface area contributed by atoms with Gasteiger partial charge in [-0.25, -0.2) is 0 Å². The molecular formula is C27H38N6. The lowest BCUT2D eigenvalue weighted by molar-refractivity contribution is 0.902. The van der Waals surface area contributed by atoms with Crippen molar-refractivity contribution in [3.8, 4) is 0 Å². The van der Waals surface area contributed by atoms with Gasteiger partial charge in [0, 0.05) is 36.2 Å². The summed E-state index contributed by atoms with van der Waals surface area (Å²) >= 11 is 0. The van der Waals surface area contributed by atoms with Gasteiger partial charge < -0.3 is 22.2 Å². The molecule has 0 radical (unpaired) electrons. The number of pyridine rings is 1. The SMILES string of the molecule is C=N.CC.Cc1ncc(CNc2ccc(CN)cc2)c(C)c1CCc1cccc(C(=N)N)c1. The van der Waals surface area contributed by atoms with Crippen molar-refractivity contribution in [3.63, 3.8) is 0 Å². The third-order valence-corrected chi connectivity index (χ3v) is 5.36. The Kier molecular flexibility index (Phi) is 12.1. The van der Waals surface area contributed by atoms with Crippen molar-refractivity contribution in [1.82, 2.24) is 4.98 Å². The summed E-state index contributed by atoms with van der Waals surface area (Å²) in [6, 6.07) is 16.1. The average molecular weight is 447 g/mol. The number of aryl methyl sites for hydroxylation is 2. The van der Waals surface area contributed by atoms with Crippen molar-refractivity contribution in [2.75, 3.05) is 5.32 Å². The van der Waals surface area contributed by atoms with E-state index in [1.807, 2.05) is 50.4 Å². The van der Waals surface area contributed by atoms with Crippen molar-refractivity contribution in [3.05, 3.63) is 93.8 Å². The van der Waals surface area contributed by atoms with Crippen LogP contribution in [0.25, 0.3) is 0 Å². The van der Waals surface area contributed by atoms with Crippen LogP contribution in [0.4, 0.5) is 5.69 Å². The number of hydrogen-bond donors (Lipinski definition) is 5. The third-order valence-electron chi connectivity index (χ3n) is 5.36. The number of nitrogens with zero attached hydrogens (tertiary/aromatic N) is 1. The zero-order chi connectivity index (χ0) is 24.8. The molecule has 0 saturated carbocycles. The molecule has 0 aliphatic rings. The molecule has 6 heteroatoms. The zero-order valence-electron chi connectivity index (χ0n) is 20.3. The van der Waals surface area contributed by atoms with Gasteiger partial charge in [-0.15, -0.1) is 0 Å². The number of amidine groups is 1. The van der Waals surface area contributed by atoms with Gasteiger partial charge in [0.2, 0.25) is 0 Å². The maximum absolute atomic E-state index is 7.62. The van der Waals surface area contributed by atoms with Gasteiger partial charge in [0.25, 0.3) is 0 Å². The predicted molar refractivity (Wildman–Crippen MR) is 141 cm³/mol. The monoisotopic (exact) mass is 446 g/mol. The van der Waals surface area contributed by atoms with Crippen molar-refractivity contribution in [2.45, 2.75) is 53.6 Å². The average Bonchev–Trinajstić information content (AvgIpc) is 2.86. The minimum Gasteiger partial charge on any atom is -0.384 e. The number of aromatic nitrogens is 1. The molecule has 3 aromatic rings. The molecule has 0 spiro atoms. The van der Waals surface area contributed by atoms with E-state index in [-0.39, 0.29) is 5.84 Å². The quantitative estimate of drug-likeness (QED) is 0.243. The van der Waals surface area contributed by atoms with E-state index in [1.54, 1.807) is 0 Å². The lowest BCUT2D eigenvalue weighted by Gasteiger charge is -2.15. The lowest BCUT2D eigenvalue weighted by Crippen LogP contribution is -2.11. The summed E-state index contributed by atoms with van der Waals surface area (Å²) in [5, 5.41) is 16.6. The van der Waals surface area contributed by atoms with Crippen molar-refractivity contribution < 1.29 is 0 Å². The summed E-state index contributed by atoms with van der Waals surface area (Å²) in [7, 11) is 0. The zero-order valence-corrected chi connectivity index (χ0v) is 20.3. The molecule has 2 aromatic carbocycles. The van der Waals surface area contributed by atoms with E-state index in [2.05, 4.69) is 49.1 Å².